The summed E-state index contributed by atoms with van der Waals surface area (Å²) in [5, 5.41) is 8.70. The zero-order valence-corrected chi connectivity index (χ0v) is 11.4. The van der Waals surface area contributed by atoms with E-state index in [-0.39, 0.29) is 12.2 Å². The highest BCUT2D eigenvalue weighted by Crippen LogP contribution is 2.03. The number of nitriles is 1. The van der Waals surface area contributed by atoms with Crippen LogP contribution >= 0.6 is 0 Å². The average Bonchev–Trinajstić information content (AvgIpc) is 2.28. The Kier molecular flexibility index (Phi) is 5.83. The van der Waals surface area contributed by atoms with Crippen LogP contribution in [0.3, 0.4) is 0 Å². The van der Waals surface area contributed by atoms with Crippen molar-refractivity contribution in [3.05, 3.63) is 24.0 Å². The molecular weight excluding hydrogens is 227 g/mol. The fourth-order valence-corrected chi connectivity index (χ4v) is 1.51. The quantitative estimate of drug-likeness (QED) is 0.717. The summed E-state index contributed by atoms with van der Waals surface area (Å²) in [6.45, 7) is 7.85. The molecule has 1 rings (SSSR count). The molecule has 1 heterocycles. The van der Waals surface area contributed by atoms with Crippen molar-refractivity contribution in [2.45, 2.75) is 46.3 Å². The molecule has 0 aliphatic carbocycles. The van der Waals surface area contributed by atoms with Gasteiger partial charge in [0.25, 0.3) is 0 Å². The van der Waals surface area contributed by atoms with Gasteiger partial charge in [-0.25, -0.2) is 0 Å². The number of hydrogen-bond acceptors (Lipinski definition) is 4. The van der Waals surface area contributed by atoms with Crippen molar-refractivity contribution in [3.63, 3.8) is 0 Å². The first-order valence-electron chi connectivity index (χ1n) is 6.14. The zero-order chi connectivity index (χ0) is 13.5. The molecule has 0 bridgehead atoms. The Bertz CT molecular complexity index is 406. The lowest BCUT2D eigenvalue weighted by Gasteiger charge is -2.19. The Morgan fingerprint density at radius 3 is 2.33 bits per heavy atom. The average molecular weight is 246 g/mol. The lowest BCUT2D eigenvalue weighted by atomic mass is 9.78. The normalized spacial score (nSPS) is 10.7. The van der Waals surface area contributed by atoms with Crippen molar-refractivity contribution < 1.29 is 9.31 Å². The van der Waals surface area contributed by atoms with Crippen molar-refractivity contribution in [2.75, 3.05) is 0 Å². The maximum atomic E-state index is 8.70. The standard InChI is InChI=1S/C13H19BN2O2/c1-10(2)17-14(18-11(3)4)13-7-12(5-6-15)8-16-9-13/h7-11H,5H2,1-4H3. The van der Waals surface area contributed by atoms with Gasteiger partial charge >= 0.3 is 7.12 Å². The summed E-state index contributed by atoms with van der Waals surface area (Å²) in [7, 11) is -0.434. The molecular formula is C13H19BN2O2. The fourth-order valence-electron chi connectivity index (χ4n) is 1.51. The molecule has 18 heavy (non-hydrogen) atoms. The molecule has 4 nitrogen and oxygen atoms in total. The SMILES string of the molecule is CC(C)OB(OC(C)C)c1cncc(CC#N)c1. The fraction of sp³-hybridized carbons (Fsp3) is 0.538. The summed E-state index contributed by atoms with van der Waals surface area (Å²) in [5.74, 6) is 0. The molecule has 0 unspecified atom stereocenters. The predicted octanol–water partition coefficient (Wildman–Crippen LogP) is 1.69. The van der Waals surface area contributed by atoms with Crippen molar-refractivity contribution in [2.24, 2.45) is 0 Å². The monoisotopic (exact) mass is 246 g/mol. The second-order valence-electron chi connectivity index (χ2n) is 4.66. The largest absolute Gasteiger partial charge is 0.495 e. The van der Waals surface area contributed by atoms with Gasteiger partial charge in [-0.05, 0) is 33.3 Å². The predicted molar refractivity (Wildman–Crippen MR) is 71.4 cm³/mol. The van der Waals surface area contributed by atoms with Gasteiger partial charge in [0.2, 0.25) is 0 Å². The van der Waals surface area contributed by atoms with Crippen LogP contribution in [0.5, 0.6) is 0 Å². The molecule has 96 valence electrons. The smallest absolute Gasteiger partial charge is 0.405 e. The molecule has 1 aromatic heterocycles. The van der Waals surface area contributed by atoms with E-state index in [1.165, 1.54) is 0 Å². The van der Waals surface area contributed by atoms with Crippen LogP contribution in [-0.2, 0) is 15.7 Å². The molecule has 0 aliphatic rings. The van der Waals surface area contributed by atoms with Crippen LogP contribution in [0.2, 0.25) is 0 Å². The minimum absolute atomic E-state index is 0.0633. The number of hydrogen-bond donors (Lipinski definition) is 0. The second-order valence-corrected chi connectivity index (χ2v) is 4.66. The van der Waals surface area contributed by atoms with Gasteiger partial charge in [0.05, 0.1) is 12.5 Å². The third-order valence-corrected chi connectivity index (χ3v) is 2.16. The molecule has 0 aromatic carbocycles. The lowest BCUT2D eigenvalue weighted by molar-refractivity contribution is 0.139. The molecule has 0 radical (unpaired) electrons. The molecule has 5 heteroatoms. The van der Waals surface area contributed by atoms with Crippen molar-refractivity contribution >= 4 is 12.6 Å². The first-order valence-corrected chi connectivity index (χ1v) is 6.14. The molecule has 0 saturated heterocycles. The molecule has 0 spiro atoms. The highest BCUT2D eigenvalue weighted by Gasteiger charge is 2.24. The van der Waals surface area contributed by atoms with E-state index in [4.69, 9.17) is 14.6 Å². The van der Waals surface area contributed by atoms with E-state index in [9.17, 15) is 0 Å². The van der Waals surface area contributed by atoms with Crippen molar-refractivity contribution in [1.82, 2.24) is 4.98 Å². The molecule has 0 fully saturated rings. The van der Waals surface area contributed by atoms with E-state index in [1.54, 1.807) is 12.4 Å². The van der Waals surface area contributed by atoms with Crippen LogP contribution in [0, 0.1) is 11.3 Å². The summed E-state index contributed by atoms with van der Waals surface area (Å²) < 4.78 is 11.5. The van der Waals surface area contributed by atoms with Gasteiger partial charge in [-0.3, -0.25) is 4.98 Å². The highest BCUT2D eigenvalue weighted by molar-refractivity contribution is 6.61. The van der Waals surface area contributed by atoms with Crippen LogP contribution < -0.4 is 5.46 Å². The molecule has 0 amide bonds. The Morgan fingerprint density at radius 2 is 1.83 bits per heavy atom. The van der Waals surface area contributed by atoms with Crippen LogP contribution in [0.15, 0.2) is 18.5 Å². The molecule has 0 N–H and O–H groups in total. The van der Waals surface area contributed by atoms with E-state index in [0.29, 0.717) is 6.42 Å². The minimum Gasteiger partial charge on any atom is -0.405 e. The lowest BCUT2D eigenvalue weighted by Crippen LogP contribution is -2.41. The molecule has 1 aromatic rings. The summed E-state index contributed by atoms with van der Waals surface area (Å²) in [4.78, 5) is 4.13. The molecule has 0 saturated carbocycles. The van der Waals surface area contributed by atoms with Gasteiger partial charge in [-0.2, -0.15) is 5.26 Å². The molecule has 0 aliphatic heterocycles. The Morgan fingerprint density at radius 1 is 1.22 bits per heavy atom. The van der Waals surface area contributed by atoms with E-state index in [2.05, 4.69) is 11.1 Å². The second kappa shape index (κ2) is 7.15. The van der Waals surface area contributed by atoms with Gasteiger partial charge in [0.1, 0.15) is 0 Å². The molecule has 0 atom stereocenters. The first kappa shape index (κ1) is 14.7. The van der Waals surface area contributed by atoms with Gasteiger partial charge in [-0.1, -0.05) is 6.07 Å². The van der Waals surface area contributed by atoms with Crippen molar-refractivity contribution in [3.8, 4) is 6.07 Å². The van der Waals surface area contributed by atoms with E-state index < -0.39 is 7.12 Å². The maximum absolute atomic E-state index is 8.70. The third kappa shape index (κ3) is 4.86. The van der Waals surface area contributed by atoms with Gasteiger partial charge in [0, 0.05) is 30.1 Å². The number of rotatable bonds is 6. The minimum atomic E-state index is -0.434. The topological polar surface area (TPSA) is 55.1 Å². The Labute approximate surface area is 109 Å². The van der Waals surface area contributed by atoms with Crippen LogP contribution in [0.1, 0.15) is 33.3 Å². The van der Waals surface area contributed by atoms with Gasteiger partial charge in [0.15, 0.2) is 0 Å². The van der Waals surface area contributed by atoms with Crippen molar-refractivity contribution in [1.29, 1.82) is 5.26 Å². The van der Waals surface area contributed by atoms with E-state index >= 15 is 0 Å². The zero-order valence-electron chi connectivity index (χ0n) is 11.4. The highest BCUT2D eigenvalue weighted by atomic mass is 16.6. The summed E-state index contributed by atoms with van der Waals surface area (Å²) >= 11 is 0. The summed E-state index contributed by atoms with van der Waals surface area (Å²) in [6.07, 6.45) is 3.88. The number of aromatic nitrogens is 1. The third-order valence-electron chi connectivity index (χ3n) is 2.16. The Balaban J connectivity index is 2.89. The number of pyridine rings is 1. The van der Waals surface area contributed by atoms with E-state index in [1.807, 2.05) is 33.8 Å². The number of nitrogens with zero attached hydrogens (tertiary/aromatic N) is 2. The first-order chi connectivity index (χ1) is 8.52. The van der Waals surface area contributed by atoms with Gasteiger partial charge < -0.3 is 9.31 Å². The Hall–Kier alpha value is -1.38. The van der Waals surface area contributed by atoms with Crippen LogP contribution in [0.4, 0.5) is 0 Å². The summed E-state index contributed by atoms with van der Waals surface area (Å²) in [6, 6.07) is 4.02. The van der Waals surface area contributed by atoms with Crippen LogP contribution in [0.25, 0.3) is 0 Å². The maximum Gasteiger partial charge on any atom is 0.495 e. The van der Waals surface area contributed by atoms with Gasteiger partial charge in [-0.15, -0.1) is 0 Å². The van der Waals surface area contributed by atoms with E-state index in [0.717, 1.165) is 11.0 Å². The summed E-state index contributed by atoms with van der Waals surface area (Å²) in [5.41, 5.74) is 1.73. The van der Waals surface area contributed by atoms with Crippen LogP contribution in [-0.4, -0.2) is 24.3 Å².